The predicted octanol–water partition coefficient (Wildman–Crippen LogP) is 23.7. The second-order valence-corrected chi connectivity index (χ2v) is 44.2. The van der Waals surface area contributed by atoms with Crippen LogP contribution in [0.2, 0.25) is 10.1 Å². The molecule has 0 aliphatic heterocycles. The lowest BCUT2D eigenvalue weighted by Gasteiger charge is -2.44. The molecule has 0 fully saturated rings. The summed E-state index contributed by atoms with van der Waals surface area (Å²) in [5, 5.41) is 15.4. The van der Waals surface area contributed by atoms with Crippen LogP contribution >= 0.6 is 0 Å². The number of nitrogens with zero attached hydrogens (tertiary/aromatic N) is 1. The molecular formula is C103H166N4O8Si2. The van der Waals surface area contributed by atoms with Gasteiger partial charge in [0.05, 0.1) is 64.9 Å². The number of rotatable bonds is 66. The molecule has 6 rings (SSSR count). The highest BCUT2D eigenvalue weighted by atomic mass is 28.4. The number of carbonyl (C=O) groups excluding carboxylic acids is 2. The first-order chi connectivity index (χ1) is 56.8. The molecular weight excluding hydrogens is 1480 g/mol. The molecule has 6 aromatic rings. The second kappa shape index (κ2) is 61.4. The highest BCUT2D eigenvalue weighted by Crippen LogP contribution is 2.39. The molecule has 654 valence electrons. The van der Waals surface area contributed by atoms with Crippen molar-refractivity contribution in [1.29, 1.82) is 0 Å². The third kappa shape index (κ3) is 40.5. The number of methoxy groups -OCH3 is 2. The summed E-state index contributed by atoms with van der Waals surface area (Å²) in [6.45, 7) is 28.1. The second-order valence-electron chi connectivity index (χ2n) is 35.6. The van der Waals surface area contributed by atoms with E-state index in [0.29, 0.717) is 52.4 Å². The number of unbranched alkanes of at least 4 members (excludes halogenated alkanes) is 28. The monoisotopic (exact) mass is 1640 g/mol. The van der Waals surface area contributed by atoms with E-state index in [9.17, 15) is 9.59 Å². The fourth-order valence-electron chi connectivity index (χ4n) is 16.6. The Balaban J connectivity index is 0.000000417. The first-order valence-electron chi connectivity index (χ1n) is 46.8. The minimum Gasteiger partial charge on any atom is -0.497 e. The van der Waals surface area contributed by atoms with Gasteiger partial charge in [0, 0.05) is 32.5 Å². The van der Waals surface area contributed by atoms with Gasteiger partial charge in [-0.15, -0.1) is 0 Å². The first kappa shape index (κ1) is 102. The molecule has 0 aliphatic carbocycles. The minimum absolute atomic E-state index is 0.126. The third-order valence-corrected chi connectivity index (χ3v) is 33.5. The third-order valence-electron chi connectivity index (χ3n) is 23.5. The zero-order chi connectivity index (χ0) is 84.4. The van der Waals surface area contributed by atoms with Gasteiger partial charge in [-0.25, -0.2) is 0 Å². The fraction of sp³-hybridized carbons (Fsp3) is 0.631. The minimum atomic E-state index is -2.78. The average molecular weight is 1640 g/mol. The van der Waals surface area contributed by atoms with E-state index in [1.807, 2.05) is 24.3 Å². The molecule has 0 spiro atoms. The molecule has 3 N–H and O–H groups in total. The Morgan fingerprint density at radius 2 is 0.667 bits per heavy atom. The van der Waals surface area contributed by atoms with Crippen LogP contribution in [0.1, 0.15) is 324 Å². The van der Waals surface area contributed by atoms with Gasteiger partial charge in [-0.1, -0.05) is 407 Å². The van der Waals surface area contributed by atoms with Crippen LogP contribution in [0.5, 0.6) is 11.5 Å². The van der Waals surface area contributed by atoms with E-state index in [2.05, 4.69) is 243 Å². The van der Waals surface area contributed by atoms with Gasteiger partial charge >= 0.3 is 0 Å². The summed E-state index contributed by atoms with van der Waals surface area (Å²) in [6.07, 6.45) is 45.9. The van der Waals surface area contributed by atoms with E-state index in [0.717, 1.165) is 87.1 Å². The normalized spacial score (nSPS) is 13.0. The van der Waals surface area contributed by atoms with Gasteiger partial charge in [0.1, 0.15) is 11.5 Å². The molecule has 6 aromatic carbocycles. The van der Waals surface area contributed by atoms with E-state index in [4.69, 9.17) is 27.8 Å². The van der Waals surface area contributed by atoms with Crippen molar-refractivity contribution < 1.29 is 37.4 Å². The van der Waals surface area contributed by atoms with Crippen molar-refractivity contribution in [3.63, 3.8) is 0 Å². The summed E-state index contributed by atoms with van der Waals surface area (Å²) in [4.78, 5) is 29.6. The SMILES string of the molecule is CCCCCCCCCCCCCC(=O)N[C@@H](CO[Si](c1ccccc1)(c1ccccc1)C(C)(C)C)CN(C)CC[C@@H](CCCCCCC)OCc1ccc(OC)cc1.CCCCCCCCCCCCCC(=O)N[C@H](CNCC[C@@H](CCCCCCC)OCc1ccc(OC)cc1)CO[Si](c1ccccc1)(c1ccccc1)C(C)(C)C. The Hall–Kier alpha value is -5.95. The van der Waals surface area contributed by atoms with Gasteiger partial charge in [-0.2, -0.15) is 0 Å². The van der Waals surface area contributed by atoms with E-state index in [1.165, 1.54) is 201 Å². The Kier molecular flexibility index (Phi) is 53.3. The molecule has 0 aromatic heterocycles. The van der Waals surface area contributed by atoms with Gasteiger partial charge in [0.25, 0.3) is 16.6 Å². The number of carbonyl (C=O) groups is 2. The molecule has 12 nitrogen and oxygen atoms in total. The molecule has 0 aliphatic rings. The summed E-state index contributed by atoms with van der Waals surface area (Å²) in [6, 6.07) is 59.3. The van der Waals surface area contributed by atoms with Gasteiger partial charge in [-0.05, 0) is 118 Å². The molecule has 14 heteroatoms. The smallest absolute Gasteiger partial charge is 0.261 e. The molecule has 0 bridgehead atoms. The van der Waals surface area contributed by atoms with Crippen molar-refractivity contribution in [3.05, 3.63) is 181 Å². The molecule has 0 unspecified atom stereocenters. The molecule has 4 atom stereocenters. The number of amides is 2. The number of benzene rings is 6. The fourth-order valence-corrected chi connectivity index (χ4v) is 25.8. The molecule has 0 heterocycles. The summed E-state index contributed by atoms with van der Waals surface area (Å²) >= 11 is 0. The van der Waals surface area contributed by atoms with Gasteiger partial charge in [0.2, 0.25) is 11.8 Å². The quantitative estimate of drug-likeness (QED) is 0.0251. The lowest BCUT2D eigenvalue weighted by atomic mass is 10.1. The van der Waals surface area contributed by atoms with Gasteiger partial charge < -0.3 is 48.6 Å². The van der Waals surface area contributed by atoms with Crippen LogP contribution in [0.4, 0.5) is 0 Å². The van der Waals surface area contributed by atoms with Crippen LogP contribution in [-0.2, 0) is 41.1 Å². The molecule has 0 saturated heterocycles. The lowest BCUT2D eigenvalue weighted by molar-refractivity contribution is -0.123. The van der Waals surface area contributed by atoms with Crippen LogP contribution in [0.3, 0.4) is 0 Å². The molecule has 0 radical (unpaired) electrons. The van der Waals surface area contributed by atoms with E-state index < -0.39 is 16.6 Å². The standard InChI is InChI=1S/C52H84N2O4Si.C51H82N2O4Si/c1-8-10-12-14-15-16-17-18-19-21-29-35-51(55)53-46(44-58-59(52(3,4)5,49-31-25-22-26-32-49)50-33-27-23-28-34-50)42-54(6)41-40-48(30-24-20-13-11-9-2)57-43-45-36-38-47(56-7)39-37-45;1-7-9-11-13-14-15-16-17-18-20-28-34-50(54)53-45(43-57-58(51(3,4)5,48-30-24-21-25-31-48)49-32-26-22-27-33-49)41-52-40-39-47(29-23-19-12-10-8-2)56-42-44-35-37-46(55-6)38-36-44/h22-23,25-28,31-34,36-39,46,48H,8-21,24,29-30,35,40-44H2,1-7H3,(H,53,55);21-22,24-27,30-33,35-38,45,47,52H,7-20,23,28-29,34,39-43H2,1-6H3,(H,53,54)/t46-,48-;45-,47-/m11/s1. The van der Waals surface area contributed by atoms with Crippen LogP contribution < -0.4 is 46.2 Å². The van der Waals surface area contributed by atoms with Crippen LogP contribution in [-0.4, -0.2) is 118 Å². The summed E-state index contributed by atoms with van der Waals surface area (Å²) < 4.78 is 38.7. The van der Waals surface area contributed by atoms with Crippen molar-refractivity contribution in [1.82, 2.24) is 20.9 Å². The molecule has 0 saturated carbocycles. The number of hydrogen-bond donors (Lipinski definition) is 3. The maximum Gasteiger partial charge on any atom is 0.261 e. The van der Waals surface area contributed by atoms with Crippen molar-refractivity contribution in [2.45, 2.75) is 361 Å². The molecule has 117 heavy (non-hydrogen) atoms. The van der Waals surface area contributed by atoms with Crippen LogP contribution in [0.25, 0.3) is 0 Å². The highest BCUT2D eigenvalue weighted by molar-refractivity contribution is 7.00. The highest BCUT2D eigenvalue weighted by Gasteiger charge is 2.52. The predicted molar refractivity (Wildman–Crippen MR) is 503 cm³/mol. The maximum atomic E-state index is 13.7. The molecule has 2 amide bonds. The van der Waals surface area contributed by atoms with Gasteiger partial charge in [-0.3, -0.25) is 9.59 Å². The van der Waals surface area contributed by atoms with Crippen LogP contribution in [0.15, 0.2) is 170 Å². The topological polar surface area (TPSA) is 129 Å². The lowest BCUT2D eigenvalue weighted by Crippen LogP contribution is -2.67. The number of ether oxygens (including phenoxy) is 4. The summed E-state index contributed by atoms with van der Waals surface area (Å²) in [5.41, 5.74) is 2.32. The zero-order valence-corrected chi connectivity index (χ0v) is 78.2. The van der Waals surface area contributed by atoms with Crippen molar-refractivity contribution in [2.24, 2.45) is 0 Å². The number of hydrogen-bond acceptors (Lipinski definition) is 10. The van der Waals surface area contributed by atoms with Crippen molar-refractivity contribution in [3.8, 4) is 11.5 Å². The average Bonchev–Trinajstić information content (AvgIpc) is 0.753. The van der Waals surface area contributed by atoms with E-state index in [1.54, 1.807) is 14.2 Å². The van der Waals surface area contributed by atoms with Gasteiger partial charge in [0.15, 0.2) is 0 Å². The van der Waals surface area contributed by atoms with Crippen molar-refractivity contribution >= 4 is 49.2 Å². The Morgan fingerprint density at radius 1 is 0.368 bits per heavy atom. The summed E-state index contributed by atoms with van der Waals surface area (Å²) in [5.74, 6) is 1.99. The largest absolute Gasteiger partial charge is 0.497 e. The maximum absolute atomic E-state index is 13.7. The van der Waals surface area contributed by atoms with Crippen molar-refractivity contribution in [2.75, 3.05) is 60.7 Å². The Morgan fingerprint density at radius 3 is 0.991 bits per heavy atom. The number of nitrogens with one attached hydrogen (secondary N) is 3. The number of likely N-dealkylation sites (N-methyl/N-ethyl adjacent to an activating group) is 1. The zero-order valence-electron chi connectivity index (χ0n) is 76.2. The van der Waals surface area contributed by atoms with E-state index >= 15 is 0 Å². The summed E-state index contributed by atoms with van der Waals surface area (Å²) in [7, 11) is 0.0426. The first-order valence-corrected chi connectivity index (χ1v) is 50.6. The van der Waals surface area contributed by atoms with E-state index in [-0.39, 0.29) is 46.2 Å². The Bertz CT molecular complexity index is 3300. The van der Waals surface area contributed by atoms with Crippen LogP contribution in [0, 0.1) is 0 Å². The Labute approximate surface area is 717 Å².